The Hall–Kier alpha value is -1.75. The zero-order chi connectivity index (χ0) is 14.5. The molecule has 110 valence electrons. The van der Waals surface area contributed by atoms with Crippen LogP contribution < -0.4 is 10.6 Å². The molecule has 0 heterocycles. The number of carbonyl (C=O) groups is 1. The molecule has 2 rings (SSSR count). The molecule has 0 saturated heterocycles. The van der Waals surface area contributed by atoms with Crippen molar-refractivity contribution < 1.29 is 15.0 Å². The maximum Gasteiger partial charge on any atom is 0.315 e. The summed E-state index contributed by atoms with van der Waals surface area (Å²) in [6.45, 7) is 2.37. The Labute approximate surface area is 119 Å². The monoisotopic (exact) mass is 278 g/mol. The van der Waals surface area contributed by atoms with E-state index in [-0.39, 0.29) is 18.2 Å². The van der Waals surface area contributed by atoms with Crippen LogP contribution in [0.15, 0.2) is 18.2 Å². The number of nitrogens with one attached hydrogen (secondary N) is 2. The van der Waals surface area contributed by atoms with Gasteiger partial charge >= 0.3 is 6.03 Å². The van der Waals surface area contributed by atoms with Gasteiger partial charge in [0.05, 0.1) is 12.1 Å². The number of hydrogen-bond acceptors (Lipinski definition) is 3. The minimum Gasteiger partial charge on any atom is -0.508 e. The maximum atomic E-state index is 11.8. The van der Waals surface area contributed by atoms with Gasteiger partial charge in [0.2, 0.25) is 0 Å². The summed E-state index contributed by atoms with van der Waals surface area (Å²) in [7, 11) is 0. The topological polar surface area (TPSA) is 81.6 Å². The van der Waals surface area contributed by atoms with E-state index in [0.717, 1.165) is 24.0 Å². The Morgan fingerprint density at radius 1 is 1.50 bits per heavy atom. The number of carbonyl (C=O) groups excluding carboxylic acids is 1. The van der Waals surface area contributed by atoms with Gasteiger partial charge in [0.25, 0.3) is 0 Å². The number of amides is 2. The first kappa shape index (κ1) is 14.7. The number of aliphatic hydroxyl groups excluding tert-OH is 1. The predicted octanol–water partition coefficient (Wildman–Crippen LogP) is 1.84. The fraction of sp³-hybridized carbons (Fsp3) is 0.533. The SMILES string of the molecule is CCC(O)CCNC(=O)NC1CCc2c(O)cccc21. The second-order valence-electron chi connectivity index (χ2n) is 5.19. The molecule has 4 N–H and O–H groups in total. The van der Waals surface area contributed by atoms with E-state index in [1.165, 1.54) is 0 Å². The first-order valence-corrected chi connectivity index (χ1v) is 7.15. The maximum absolute atomic E-state index is 11.8. The van der Waals surface area contributed by atoms with Gasteiger partial charge in [0, 0.05) is 6.54 Å². The molecule has 20 heavy (non-hydrogen) atoms. The molecule has 5 nitrogen and oxygen atoms in total. The molecule has 5 heteroatoms. The normalized spacial score (nSPS) is 18.4. The first-order chi connectivity index (χ1) is 9.61. The second-order valence-corrected chi connectivity index (χ2v) is 5.19. The van der Waals surface area contributed by atoms with Crippen LogP contribution in [-0.4, -0.2) is 28.9 Å². The molecule has 0 aromatic heterocycles. The van der Waals surface area contributed by atoms with Crippen molar-refractivity contribution in [2.75, 3.05) is 6.54 Å². The van der Waals surface area contributed by atoms with Gasteiger partial charge in [-0.05, 0) is 42.9 Å². The van der Waals surface area contributed by atoms with E-state index in [1.54, 1.807) is 12.1 Å². The highest BCUT2D eigenvalue weighted by Crippen LogP contribution is 2.36. The van der Waals surface area contributed by atoms with Crippen molar-refractivity contribution in [1.82, 2.24) is 10.6 Å². The van der Waals surface area contributed by atoms with Gasteiger partial charge in [-0.25, -0.2) is 4.79 Å². The van der Waals surface area contributed by atoms with Crippen molar-refractivity contribution in [2.45, 2.75) is 44.8 Å². The summed E-state index contributed by atoms with van der Waals surface area (Å²) < 4.78 is 0. The lowest BCUT2D eigenvalue weighted by Gasteiger charge is -2.15. The van der Waals surface area contributed by atoms with Crippen molar-refractivity contribution in [3.8, 4) is 5.75 Å². The quantitative estimate of drug-likeness (QED) is 0.663. The summed E-state index contributed by atoms with van der Waals surface area (Å²) in [5.74, 6) is 0.304. The molecule has 2 unspecified atom stereocenters. The third kappa shape index (κ3) is 3.42. The highest BCUT2D eigenvalue weighted by molar-refractivity contribution is 5.74. The van der Waals surface area contributed by atoms with Gasteiger partial charge in [-0.1, -0.05) is 19.1 Å². The van der Waals surface area contributed by atoms with Crippen molar-refractivity contribution in [2.24, 2.45) is 0 Å². The average Bonchev–Trinajstić information content (AvgIpc) is 2.83. The van der Waals surface area contributed by atoms with Crippen molar-refractivity contribution in [3.63, 3.8) is 0 Å². The van der Waals surface area contributed by atoms with Crippen LogP contribution in [0.1, 0.15) is 43.4 Å². The van der Waals surface area contributed by atoms with E-state index < -0.39 is 0 Å². The van der Waals surface area contributed by atoms with Crippen LogP contribution >= 0.6 is 0 Å². The van der Waals surface area contributed by atoms with Gasteiger partial charge in [0.1, 0.15) is 5.75 Å². The van der Waals surface area contributed by atoms with Crippen molar-refractivity contribution in [3.05, 3.63) is 29.3 Å². The van der Waals surface area contributed by atoms with E-state index in [2.05, 4.69) is 10.6 Å². The summed E-state index contributed by atoms with van der Waals surface area (Å²) in [4.78, 5) is 11.8. The zero-order valence-corrected chi connectivity index (χ0v) is 11.7. The molecule has 0 bridgehead atoms. The van der Waals surface area contributed by atoms with Crippen LogP contribution in [0, 0.1) is 0 Å². The third-order valence-electron chi connectivity index (χ3n) is 3.79. The predicted molar refractivity (Wildman–Crippen MR) is 76.6 cm³/mol. The molecule has 0 fully saturated rings. The van der Waals surface area contributed by atoms with Crippen LogP contribution in [0.25, 0.3) is 0 Å². The third-order valence-corrected chi connectivity index (χ3v) is 3.79. The fourth-order valence-corrected chi connectivity index (χ4v) is 2.55. The lowest BCUT2D eigenvalue weighted by molar-refractivity contribution is 0.160. The molecular formula is C15H22N2O3. The van der Waals surface area contributed by atoms with Crippen LogP contribution in [0.4, 0.5) is 4.79 Å². The minimum absolute atomic E-state index is 0.0480. The van der Waals surface area contributed by atoms with Gasteiger partial charge in [0.15, 0.2) is 0 Å². The smallest absolute Gasteiger partial charge is 0.315 e. The van der Waals surface area contributed by atoms with Gasteiger partial charge in [-0.15, -0.1) is 0 Å². The van der Waals surface area contributed by atoms with Gasteiger partial charge < -0.3 is 20.8 Å². The highest BCUT2D eigenvalue weighted by Gasteiger charge is 2.25. The molecule has 1 aliphatic rings. The number of aromatic hydroxyl groups is 1. The fourth-order valence-electron chi connectivity index (χ4n) is 2.55. The number of phenols is 1. The molecule has 0 spiro atoms. The summed E-state index contributed by atoms with van der Waals surface area (Å²) >= 11 is 0. The number of aliphatic hydroxyl groups is 1. The standard InChI is InChI=1S/C15H22N2O3/c1-2-10(18)8-9-16-15(20)17-13-7-6-12-11(13)4-3-5-14(12)19/h3-5,10,13,18-19H,2,6-9H2,1H3,(H2,16,17,20). The summed E-state index contributed by atoms with van der Waals surface area (Å²) in [5.41, 5.74) is 1.92. The van der Waals surface area contributed by atoms with Crippen molar-refractivity contribution in [1.29, 1.82) is 0 Å². The second kappa shape index (κ2) is 6.61. The Kier molecular flexibility index (Phi) is 4.84. The van der Waals surface area contributed by atoms with Crippen LogP contribution in [0.3, 0.4) is 0 Å². The molecule has 1 aromatic rings. The molecule has 0 aliphatic heterocycles. The van der Waals surface area contributed by atoms with E-state index in [1.807, 2.05) is 13.0 Å². The Morgan fingerprint density at radius 3 is 3.05 bits per heavy atom. The summed E-state index contributed by atoms with van der Waals surface area (Å²) in [5, 5.41) is 24.8. The van der Waals surface area contributed by atoms with E-state index in [4.69, 9.17) is 0 Å². The van der Waals surface area contributed by atoms with E-state index in [9.17, 15) is 15.0 Å². The zero-order valence-electron chi connectivity index (χ0n) is 11.7. The lowest BCUT2D eigenvalue weighted by atomic mass is 10.1. The molecule has 0 saturated carbocycles. The van der Waals surface area contributed by atoms with E-state index in [0.29, 0.717) is 25.1 Å². The number of benzene rings is 1. The number of rotatable bonds is 5. The van der Waals surface area contributed by atoms with Gasteiger partial charge in [-0.2, -0.15) is 0 Å². The molecule has 2 atom stereocenters. The molecular weight excluding hydrogens is 256 g/mol. The molecule has 1 aromatic carbocycles. The Balaban J connectivity index is 1.84. The summed E-state index contributed by atoms with van der Waals surface area (Å²) in [6, 6.07) is 5.13. The van der Waals surface area contributed by atoms with Crippen LogP contribution in [-0.2, 0) is 6.42 Å². The Bertz CT molecular complexity index is 476. The van der Waals surface area contributed by atoms with Crippen LogP contribution in [0.2, 0.25) is 0 Å². The average molecular weight is 278 g/mol. The lowest BCUT2D eigenvalue weighted by Crippen LogP contribution is -2.38. The molecule has 0 radical (unpaired) electrons. The first-order valence-electron chi connectivity index (χ1n) is 7.15. The molecule has 2 amide bonds. The Morgan fingerprint density at radius 2 is 2.30 bits per heavy atom. The molecule has 1 aliphatic carbocycles. The number of fused-ring (bicyclic) bond motifs is 1. The summed E-state index contributed by atoms with van der Waals surface area (Å²) in [6.07, 6.45) is 2.48. The van der Waals surface area contributed by atoms with Gasteiger partial charge in [-0.3, -0.25) is 0 Å². The van der Waals surface area contributed by atoms with Crippen molar-refractivity contribution >= 4 is 6.03 Å². The van der Waals surface area contributed by atoms with E-state index >= 15 is 0 Å². The number of urea groups is 1. The number of phenolic OH excluding ortho intramolecular Hbond substituents is 1. The highest BCUT2D eigenvalue weighted by atomic mass is 16.3. The number of hydrogen-bond donors (Lipinski definition) is 4. The minimum atomic E-state index is -0.362. The largest absolute Gasteiger partial charge is 0.508 e. The van der Waals surface area contributed by atoms with Crippen LogP contribution in [0.5, 0.6) is 5.75 Å².